The van der Waals surface area contributed by atoms with Crippen LogP contribution in [0.15, 0.2) is 36.5 Å². The molecule has 5 heteroatoms. The van der Waals surface area contributed by atoms with Gasteiger partial charge in [-0.1, -0.05) is 11.6 Å². The highest BCUT2D eigenvalue weighted by atomic mass is 35.5. The fourth-order valence-corrected chi connectivity index (χ4v) is 2.07. The normalized spacial score (nSPS) is 10.3. The first-order valence-electron chi connectivity index (χ1n) is 5.69. The molecule has 0 saturated carbocycles. The quantitative estimate of drug-likeness (QED) is 0.780. The van der Waals surface area contributed by atoms with Crippen molar-refractivity contribution in [3.8, 4) is 11.6 Å². The number of pyridine rings is 1. The average Bonchev–Trinajstić information content (AvgIpc) is 2.46. The molecular formula is C14H13Cl2NO2. The zero-order valence-electron chi connectivity index (χ0n) is 10.4. The maximum absolute atomic E-state index is 5.92. The van der Waals surface area contributed by atoms with E-state index in [2.05, 4.69) is 4.98 Å². The second kappa shape index (κ2) is 6.64. The van der Waals surface area contributed by atoms with Crippen molar-refractivity contribution in [2.45, 2.75) is 12.5 Å². The summed E-state index contributed by atoms with van der Waals surface area (Å²) >= 11 is 11.8. The Hall–Kier alpha value is -1.45. The zero-order valence-corrected chi connectivity index (χ0v) is 11.9. The van der Waals surface area contributed by atoms with E-state index in [-0.39, 0.29) is 0 Å². The highest BCUT2D eigenvalue weighted by Crippen LogP contribution is 2.26. The zero-order chi connectivity index (χ0) is 13.7. The Bertz CT molecular complexity index is 561. The third-order valence-corrected chi connectivity index (χ3v) is 3.12. The van der Waals surface area contributed by atoms with E-state index >= 15 is 0 Å². The minimum absolute atomic E-state index is 0.347. The third kappa shape index (κ3) is 3.52. The second-order valence-electron chi connectivity index (χ2n) is 3.85. The number of halogens is 2. The summed E-state index contributed by atoms with van der Waals surface area (Å²) in [4.78, 5) is 4.12. The molecule has 0 fully saturated rings. The molecule has 0 aliphatic rings. The van der Waals surface area contributed by atoms with Gasteiger partial charge in [0.05, 0.1) is 18.6 Å². The highest BCUT2D eigenvalue weighted by Gasteiger charge is 2.07. The average molecular weight is 298 g/mol. The van der Waals surface area contributed by atoms with Crippen LogP contribution >= 0.6 is 23.2 Å². The predicted molar refractivity (Wildman–Crippen MR) is 76.1 cm³/mol. The van der Waals surface area contributed by atoms with Crippen molar-refractivity contribution < 1.29 is 9.47 Å². The molecule has 0 bridgehead atoms. The van der Waals surface area contributed by atoms with Gasteiger partial charge in [-0.15, -0.1) is 11.6 Å². The molecule has 2 rings (SSSR count). The number of hydrogen-bond donors (Lipinski definition) is 0. The van der Waals surface area contributed by atoms with Crippen LogP contribution in [-0.2, 0) is 12.5 Å². The molecule has 0 unspecified atom stereocenters. The standard InChI is InChI=1S/C14H13Cl2NO2/c1-18-14-10(3-2-6-17-14)9-19-13-5-4-12(16)7-11(13)8-15/h2-7H,8-9H2,1H3. The lowest BCUT2D eigenvalue weighted by Gasteiger charge is -2.11. The summed E-state index contributed by atoms with van der Waals surface area (Å²) in [6, 6.07) is 9.12. The topological polar surface area (TPSA) is 31.4 Å². The summed E-state index contributed by atoms with van der Waals surface area (Å²) in [5, 5.41) is 0.641. The molecule has 0 atom stereocenters. The van der Waals surface area contributed by atoms with Crippen LogP contribution in [0, 0.1) is 0 Å². The van der Waals surface area contributed by atoms with Gasteiger partial charge in [0.2, 0.25) is 5.88 Å². The number of methoxy groups -OCH3 is 1. The van der Waals surface area contributed by atoms with Gasteiger partial charge in [0.15, 0.2) is 0 Å². The van der Waals surface area contributed by atoms with Crippen LogP contribution in [0.1, 0.15) is 11.1 Å². The minimum Gasteiger partial charge on any atom is -0.488 e. The SMILES string of the molecule is COc1ncccc1COc1ccc(Cl)cc1CCl. The molecule has 0 amide bonds. The number of benzene rings is 1. The van der Waals surface area contributed by atoms with Crippen LogP contribution in [0.2, 0.25) is 5.02 Å². The first-order chi connectivity index (χ1) is 9.24. The number of nitrogens with zero attached hydrogens (tertiary/aromatic N) is 1. The summed E-state index contributed by atoms with van der Waals surface area (Å²) < 4.78 is 10.9. The van der Waals surface area contributed by atoms with Crippen LogP contribution < -0.4 is 9.47 Å². The van der Waals surface area contributed by atoms with Crippen molar-refractivity contribution in [3.63, 3.8) is 0 Å². The molecule has 0 radical (unpaired) electrons. The summed E-state index contributed by atoms with van der Waals surface area (Å²) in [7, 11) is 1.58. The monoisotopic (exact) mass is 297 g/mol. The van der Waals surface area contributed by atoms with Crippen molar-refractivity contribution in [1.82, 2.24) is 4.98 Å². The van der Waals surface area contributed by atoms with Gasteiger partial charge in [0, 0.05) is 16.8 Å². The van der Waals surface area contributed by atoms with Crippen LogP contribution in [0.5, 0.6) is 11.6 Å². The minimum atomic E-state index is 0.347. The molecule has 0 saturated heterocycles. The van der Waals surface area contributed by atoms with Crippen molar-refractivity contribution in [1.29, 1.82) is 0 Å². The smallest absolute Gasteiger partial charge is 0.219 e. The maximum Gasteiger partial charge on any atom is 0.219 e. The van der Waals surface area contributed by atoms with Crippen LogP contribution in [0.4, 0.5) is 0 Å². The first-order valence-corrected chi connectivity index (χ1v) is 6.61. The molecule has 2 aromatic rings. The first kappa shape index (κ1) is 14.0. The molecule has 19 heavy (non-hydrogen) atoms. The van der Waals surface area contributed by atoms with Gasteiger partial charge < -0.3 is 9.47 Å². The van der Waals surface area contributed by atoms with Gasteiger partial charge >= 0.3 is 0 Å². The lowest BCUT2D eigenvalue weighted by Crippen LogP contribution is -2.01. The second-order valence-corrected chi connectivity index (χ2v) is 4.55. The fourth-order valence-electron chi connectivity index (χ4n) is 1.67. The van der Waals surface area contributed by atoms with E-state index < -0.39 is 0 Å². The van der Waals surface area contributed by atoms with Crippen molar-refractivity contribution >= 4 is 23.2 Å². The Morgan fingerprint density at radius 1 is 1.21 bits per heavy atom. The van der Waals surface area contributed by atoms with Gasteiger partial charge in [0.25, 0.3) is 0 Å². The molecule has 3 nitrogen and oxygen atoms in total. The van der Waals surface area contributed by atoms with E-state index in [4.69, 9.17) is 32.7 Å². The van der Waals surface area contributed by atoms with E-state index in [0.717, 1.165) is 11.1 Å². The molecular weight excluding hydrogens is 285 g/mol. The summed E-state index contributed by atoms with van der Waals surface area (Å²) in [6.45, 7) is 0.364. The number of aromatic nitrogens is 1. The Labute approximate surface area is 122 Å². The van der Waals surface area contributed by atoms with E-state index in [1.54, 1.807) is 25.4 Å². The van der Waals surface area contributed by atoms with Gasteiger partial charge in [-0.05, 0) is 30.3 Å². The third-order valence-electron chi connectivity index (χ3n) is 2.59. The number of hydrogen-bond acceptors (Lipinski definition) is 3. The Balaban J connectivity index is 2.14. The Morgan fingerprint density at radius 2 is 2.05 bits per heavy atom. The lowest BCUT2D eigenvalue weighted by atomic mass is 10.2. The summed E-state index contributed by atoms with van der Waals surface area (Å²) in [6.07, 6.45) is 1.68. The molecule has 100 valence electrons. The van der Waals surface area contributed by atoms with Crippen LogP contribution in [-0.4, -0.2) is 12.1 Å². The van der Waals surface area contributed by atoms with Crippen molar-refractivity contribution in [2.75, 3.05) is 7.11 Å². The van der Waals surface area contributed by atoms with E-state index in [1.807, 2.05) is 18.2 Å². The summed E-state index contributed by atoms with van der Waals surface area (Å²) in [5.74, 6) is 1.62. The molecule has 1 aromatic heterocycles. The van der Waals surface area contributed by atoms with Crippen molar-refractivity contribution in [3.05, 3.63) is 52.7 Å². The van der Waals surface area contributed by atoms with Gasteiger partial charge in [-0.2, -0.15) is 0 Å². The maximum atomic E-state index is 5.92. The molecule has 0 N–H and O–H groups in total. The van der Waals surface area contributed by atoms with Gasteiger partial charge in [-0.3, -0.25) is 0 Å². The molecule has 1 aromatic carbocycles. The highest BCUT2D eigenvalue weighted by molar-refractivity contribution is 6.30. The van der Waals surface area contributed by atoms with E-state index in [0.29, 0.717) is 29.1 Å². The predicted octanol–water partition coefficient (Wildman–Crippen LogP) is 4.06. The number of alkyl halides is 1. The molecule has 0 aliphatic carbocycles. The van der Waals surface area contributed by atoms with Crippen molar-refractivity contribution in [2.24, 2.45) is 0 Å². The van der Waals surface area contributed by atoms with Crippen LogP contribution in [0.25, 0.3) is 0 Å². The number of ether oxygens (including phenoxy) is 2. The molecule has 0 aliphatic heterocycles. The largest absolute Gasteiger partial charge is 0.488 e. The molecule has 0 spiro atoms. The Kier molecular flexibility index (Phi) is 4.88. The molecule has 1 heterocycles. The Morgan fingerprint density at radius 3 is 2.79 bits per heavy atom. The lowest BCUT2D eigenvalue weighted by molar-refractivity contribution is 0.292. The van der Waals surface area contributed by atoms with Crippen LogP contribution in [0.3, 0.4) is 0 Å². The van der Waals surface area contributed by atoms with E-state index in [9.17, 15) is 0 Å². The van der Waals surface area contributed by atoms with Gasteiger partial charge in [0.1, 0.15) is 12.4 Å². The fraction of sp³-hybridized carbons (Fsp3) is 0.214. The number of rotatable bonds is 5. The van der Waals surface area contributed by atoms with E-state index in [1.165, 1.54) is 0 Å². The van der Waals surface area contributed by atoms with Gasteiger partial charge in [-0.25, -0.2) is 4.98 Å². The summed E-state index contributed by atoms with van der Waals surface area (Å²) in [5.41, 5.74) is 1.73.